The van der Waals surface area contributed by atoms with Gasteiger partial charge in [-0.15, -0.1) is 0 Å². The highest BCUT2D eigenvalue weighted by Crippen LogP contribution is 2.29. The summed E-state index contributed by atoms with van der Waals surface area (Å²) in [4.78, 5) is 28.9. The van der Waals surface area contributed by atoms with Gasteiger partial charge >= 0.3 is 6.03 Å². The van der Waals surface area contributed by atoms with E-state index in [1.54, 1.807) is 43.9 Å². The van der Waals surface area contributed by atoms with Crippen LogP contribution in [0, 0.1) is 19.8 Å². The molecular formula is C34H53N5O8S. The molecule has 1 aromatic carbocycles. The van der Waals surface area contributed by atoms with Crippen LogP contribution in [0.15, 0.2) is 27.6 Å². The van der Waals surface area contributed by atoms with Crippen molar-refractivity contribution in [2.75, 3.05) is 38.7 Å². The molecule has 2 aromatic rings. The highest BCUT2D eigenvalue weighted by Gasteiger charge is 2.34. The number of ether oxygens (including phenoxy) is 2. The van der Waals surface area contributed by atoms with Crippen LogP contribution in [-0.2, 0) is 14.8 Å². The maximum absolute atomic E-state index is 14.4. The number of sulfonamides is 1. The monoisotopic (exact) mass is 691 g/mol. The van der Waals surface area contributed by atoms with Crippen LogP contribution in [0.1, 0.15) is 93.9 Å². The third-order valence-corrected chi connectivity index (χ3v) is 11.4. The number of benzene rings is 1. The van der Waals surface area contributed by atoms with Gasteiger partial charge in [0, 0.05) is 44.4 Å². The molecule has 3 amide bonds. The van der Waals surface area contributed by atoms with E-state index in [-0.39, 0.29) is 71.6 Å². The van der Waals surface area contributed by atoms with Crippen molar-refractivity contribution < 1.29 is 37.1 Å². The minimum absolute atomic E-state index is 0.0311. The third-order valence-electron chi connectivity index (χ3n) is 9.32. The van der Waals surface area contributed by atoms with Crippen molar-refractivity contribution in [2.45, 2.75) is 115 Å². The molecule has 2 aliphatic rings. The van der Waals surface area contributed by atoms with Crippen LogP contribution < -0.4 is 15.4 Å². The summed E-state index contributed by atoms with van der Waals surface area (Å²) in [6, 6.07) is 4.28. The Kier molecular flexibility index (Phi) is 13.3. The maximum atomic E-state index is 14.4. The summed E-state index contributed by atoms with van der Waals surface area (Å²) in [5.41, 5.74) is 0.991. The standard InChI is InChI=1S/C34H53N5O8S/c1-22-19-39(23(2)21-40)33(41)29-18-28(36-34(42)35-27-13-8-7-9-14-27)15-16-30(29)46-24(3)12-10-11-17-45-31(22)20-38(6)48(43,44)32-25(4)37-47-26(32)5/h15-16,18,22-24,27,31,40H,7-14,17,19-21H2,1-6H3,(H2,35,36,42)/t22-,23-,24+,31-/m0/s1. The van der Waals surface area contributed by atoms with E-state index < -0.39 is 22.2 Å². The second-order valence-electron chi connectivity index (χ2n) is 13.4. The zero-order valence-corrected chi connectivity index (χ0v) is 30.0. The summed E-state index contributed by atoms with van der Waals surface area (Å²) in [6.07, 6.45) is 6.70. The van der Waals surface area contributed by atoms with Crippen molar-refractivity contribution in [1.82, 2.24) is 19.7 Å². The minimum atomic E-state index is -3.94. The number of aliphatic hydroxyl groups excluding tert-OH is 1. The number of nitrogens with zero attached hydrogens (tertiary/aromatic N) is 3. The number of rotatable bonds is 8. The van der Waals surface area contributed by atoms with Gasteiger partial charge in [0.15, 0.2) is 5.76 Å². The van der Waals surface area contributed by atoms with E-state index in [1.165, 1.54) is 17.8 Å². The second-order valence-corrected chi connectivity index (χ2v) is 15.4. The molecule has 0 radical (unpaired) electrons. The Balaban J connectivity index is 1.61. The van der Waals surface area contributed by atoms with Crippen LogP contribution in [0.3, 0.4) is 0 Å². The van der Waals surface area contributed by atoms with Crippen molar-refractivity contribution >= 4 is 27.6 Å². The first-order chi connectivity index (χ1) is 22.8. The summed E-state index contributed by atoms with van der Waals surface area (Å²) in [6.45, 7) is 9.06. The molecule has 0 unspecified atom stereocenters. The molecule has 0 spiro atoms. The number of anilines is 1. The van der Waals surface area contributed by atoms with Gasteiger partial charge in [-0.3, -0.25) is 4.79 Å². The second kappa shape index (κ2) is 17.0. The number of fused-ring (bicyclic) bond motifs is 1. The Bertz CT molecular complexity index is 1470. The Morgan fingerprint density at radius 2 is 1.83 bits per heavy atom. The molecule has 48 heavy (non-hydrogen) atoms. The van der Waals surface area contributed by atoms with E-state index in [2.05, 4.69) is 15.8 Å². The topological polar surface area (TPSA) is 164 Å². The average molecular weight is 692 g/mol. The summed E-state index contributed by atoms with van der Waals surface area (Å²) < 4.78 is 46.1. The molecule has 13 nitrogen and oxygen atoms in total. The summed E-state index contributed by atoms with van der Waals surface area (Å²) in [5.74, 6) is -0.111. The first-order valence-electron chi connectivity index (χ1n) is 17.1. The first kappa shape index (κ1) is 37.6. The summed E-state index contributed by atoms with van der Waals surface area (Å²) >= 11 is 0. The van der Waals surface area contributed by atoms with Gasteiger partial charge in [-0.1, -0.05) is 31.3 Å². The number of amides is 3. The third kappa shape index (κ3) is 9.48. The van der Waals surface area contributed by atoms with Crippen LogP contribution in [0.2, 0.25) is 0 Å². The number of aliphatic hydroxyl groups is 1. The minimum Gasteiger partial charge on any atom is -0.490 e. The Morgan fingerprint density at radius 3 is 2.50 bits per heavy atom. The van der Waals surface area contributed by atoms with Crippen molar-refractivity contribution in [3.05, 3.63) is 35.2 Å². The number of likely N-dealkylation sites (N-methyl/N-ethyl adjacent to an activating group) is 1. The van der Waals surface area contributed by atoms with E-state index in [0.29, 0.717) is 24.5 Å². The average Bonchev–Trinajstić information content (AvgIpc) is 3.40. The zero-order valence-electron chi connectivity index (χ0n) is 29.2. The predicted octanol–water partition coefficient (Wildman–Crippen LogP) is 4.86. The molecular weight excluding hydrogens is 638 g/mol. The SMILES string of the molecule is Cc1noc(C)c1S(=O)(=O)N(C)C[C@@H]1OCCCC[C@@H](C)Oc2ccc(NC(=O)NC3CCCCC3)cc2C(=O)N([C@@H](C)CO)C[C@@H]1C. The van der Waals surface area contributed by atoms with Crippen LogP contribution in [0.25, 0.3) is 0 Å². The van der Waals surface area contributed by atoms with Gasteiger partial charge in [0.1, 0.15) is 16.3 Å². The number of carbonyl (C=O) groups excluding carboxylic acids is 2. The number of nitrogens with one attached hydrogen (secondary N) is 2. The van der Waals surface area contributed by atoms with Gasteiger partial charge in [-0.05, 0) is 78.0 Å². The molecule has 1 aromatic heterocycles. The number of hydrogen-bond donors (Lipinski definition) is 3. The van der Waals surface area contributed by atoms with Crippen molar-refractivity contribution in [3.63, 3.8) is 0 Å². The quantitative estimate of drug-likeness (QED) is 0.351. The number of aryl methyl sites for hydroxylation is 2. The highest BCUT2D eigenvalue weighted by atomic mass is 32.2. The fraction of sp³-hybridized carbons (Fsp3) is 0.676. The van der Waals surface area contributed by atoms with Crippen molar-refractivity contribution in [2.24, 2.45) is 5.92 Å². The molecule has 1 aliphatic carbocycles. The number of urea groups is 1. The predicted molar refractivity (Wildman–Crippen MR) is 182 cm³/mol. The molecule has 1 fully saturated rings. The largest absolute Gasteiger partial charge is 0.490 e. The highest BCUT2D eigenvalue weighted by molar-refractivity contribution is 7.89. The fourth-order valence-electron chi connectivity index (χ4n) is 6.41. The smallest absolute Gasteiger partial charge is 0.319 e. The van der Waals surface area contributed by atoms with Crippen LogP contribution in [0.4, 0.5) is 10.5 Å². The Hall–Kier alpha value is -3.20. The lowest BCUT2D eigenvalue weighted by atomic mass is 9.96. The first-order valence-corrected chi connectivity index (χ1v) is 18.6. The normalized spacial score (nSPS) is 22.8. The molecule has 3 N–H and O–H groups in total. The van der Waals surface area contributed by atoms with E-state index in [4.69, 9.17) is 14.0 Å². The molecule has 1 aliphatic heterocycles. The van der Waals surface area contributed by atoms with Crippen molar-refractivity contribution in [1.29, 1.82) is 0 Å². The summed E-state index contributed by atoms with van der Waals surface area (Å²) in [5, 5.41) is 20.0. The number of carbonyl (C=O) groups is 2. The lowest BCUT2D eigenvalue weighted by molar-refractivity contribution is -0.00835. The lowest BCUT2D eigenvalue weighted by Crippen LogP contribution is -2.48. The maximum Gasteiger partial charge on any atom is 0.319 e. The van der Waals surface area contributed by atoms with Gasteiger partial charge < -0.3 is 34.6 Å². The molecule has 0 bridgehead atoms. The van der Waals surface area contributed by atoms with Gasteiger partial charge in [0.05, 0.1) is 30.4 Å². The Morgan fingerprint density at radius 1 is 1.12 bits per heavy atom. The molecule has 2 heterocycles. The van der Waals surface area contributed by atoms with E-state index in [9.17, 15) is 23.1 Å². The van der Waals surface area contributed by atoms with E-state index in [0.717, 1.165) is 38.5 Å². The van der Waals surface area contributed by atoms with Gasteiger partial charge in [-0.25, -0.2) is 13.2 Å². The molecule has 1 saturated carbocycles. The van der Waals surface area contributed by atoms with Crippen molar-refractivity contribution in [3.8, 4) is 5.75 Å². The van der Waals surface area contributed by atoms with Gasteiger partial charge in [0.2, 0.25) is 10.0 Å². The van der Waals surface area contributed by atoms with E-state index in [1.807, 2.05) is 13.8 Å². The Labute approximate surface area is 284 Å². The molecule has 4 rings (SSSR count). The van der Waals surface area contributed by atoms with E-state index >= 15 is 0 Å². The molecule has 268 valence electrons. The summed E-state index contributed by atoms with van der Waals surface area (Å²) in [7, 11) is -2.44. The molecule has 0 saturated heterocycles. The van der Waals surface area contributed by atoms with Crippen LogP contribution in [0.5, 0.6) is 5.75 Å². The van der Waals surface area contributed by atoms with Crippen LogP contribution >= 0.6 is 0 Å². The number of aromatic nitrogens is 1. The van der Waals surface area contributed by atoms with Gasteiger partial charge in [-0.2, -0.15) is 4.31 Å². The van der Waals surface area contributed by atoms with Gasteiger partial charge in [0.25, 0.3) is 5.91 Å². The molecule has 14 heteroatoms. The van der Waals surface area contributed by atoms with Crippen LogP contribution in [-0.4, -0.2) is 97.5 Å². The lowest BCUT2D eigenvalue weighted by Gasteiger charge is -2.35. The molecule has 4 atom stereocenters. The zero-order chi connectivity index (χ0) is 35.0. The number of hydrogen-bond acceptors (Lipinski definition) is 9. The fourth-order valence-corrected chi connectivity index (χ4v) is 7.88.